The maximum absolute atomic E-state index is 13.5. The van der Waals surface area contributed by atoms with Crippen LogP contribution in [0.15, 0.2) is 42.5 Å². The second kappa shape index (κ2) is 7.29. The molecule has 1 heterocycles. The van der Waals surface area contributed by atoms with Crippen molar-refractivity contribution in [3.63, 3.8) is 0 Å². The first kappa shape index (κ1) is 16.9. The Morgan fingerprint density at radius 2 is 1.96 bits per heavy atom. The summed E-state index contributed by atoms with van der Waals surface area (Å²) in [5.41, 5.74) is 0.549. The van der Waals surface area contributed by atoms with Gasteiger partial charge in [0, 0.05) is 0 Å². The van der Waals surface area contributed by atoms with Crippen molar-refractivity contribution in [2.45, 2.75) is 12.5 Å². The fourth-order valence-corrected chi connectivity index (χ4v) is 2.64. The summed E-state index contributed by atoms with van der Waals surface area (Å²) in [6.45, 7) is -0.0364. The summed E-state index contributed by atoms with van der Waals surface area (Å²) in [6.07, 6.45) is 0.431. The van der Waals surface area contributed by atoms with Crippen LogP contribution in [0.3, 0.4) is 0 Å². The van der Waals surface area contributed by atoms with E-state index in [-0.39, 0.29) is 30.6 Å². The van der Waals surface area contributed by atoms with E-state index in [0.717, 1.165) is 0 Å². The maximum Gasteiger partial charge on any atom is 0.254 e. The summed E-state index contributed by atoms with van der Waals surface area (Å²) in [6, 6.07) is 9.43. The molecule has 0 fully saturated rings. The van der Waals surface area contributed by atoms with Gasteiger partial charge in [-0.3, -0.25) is 9.59 Å². The second-order valence-electron chi connectivity index (χ2n) is 5.69. The van der Waals surface area contributed by atoms with E-state index in [2.05, 4.69) is 10.6 Å². The predicted molar refractivity (Wildman–Crippen MR) is 86.3 cm³/mol. The van der Waals surface area contributed by atoms with Crippen LogP contribution in [-0.2, 0) is 11.2 Å². The maximum atomic E-state index is 13.5. The van der Waals surface area contributed by atoms with E-state index < -0.39 is 17.6 Å². The number of hydrogen-bond acceptors (Lipinski definition) is 3. The Morgan fingerprint density at radius 3 is 2.76 bits per heavy atom. The summed E-state index contributed by atoms with van der Waals surface area (Å²) >= 11 is 0. The molecule has 130 valence electrons. The van der Waals surface area contributed by atoms with Crippen LogP contribution in [0.5, 0.6) is 5.75 Å². The van der Waals surface area contributed by atoms with Crippen molar-refractivity contribution in [3.05, 3.63) is 65.2 Å². The Balaban J connectivity index is 1.52. The molecule has 2 aromatic rings. The fraction of sp³-hybridized carbons (Fsp3) is 0.222. The monoisotopic (exact) mass is 346 g/mol. The standard InChI is InChI=1S/C18H16F2N2O3/c19-12-5-6-16-11(7-12)8-13(10-25-16)22-17(23)9-21-18(24)14-3-1-2-4-15(14)20/h1-7,13H,8-10H2,(H,21,24)(H,22,23). The molecule has 0 saturated carbocycles. The van der Waals surface area contributed by atoms with Gasteiger partial charge in [0.1, 0.15) is 24.0 Å². The first-order valence-corrected chi connectivity index (χ1v) is 7.76. The summed E-state index contributed by atoms with van der Waals surface area (Å²) in [5, 5.41) is 5.07. The zero-order valence-corrected chi connectivity index (χ0v) is 13.2. The SMILES string of the molecule is O=C(CNC(=O)c1ccccc1F)NC1COc2ccc(F)cc2C1. The molecular weight excluding hydrogens is 330 g/mol. The topological polar surface area (TPSA) is 67.4 Å². The highest BCUT2D eigenvalue weighted by molar-refractivity contribution is 5.96. The first-order chi connectivity index (χ1) is 12.0. The van der Waals surface area contributed by atoms with Gasteiger partial charge in [-0.05, 0) is 42.3 Å². The van der Waals surface area contributed by atoms with Crippen LogP contribution < -0.4 is 15.4 Å². The van der Waals surface area contributed by atoms with E-state index in [4.69, 9.17) is 4.74 Å². The van der Waals surface area contributed by atoms with Gasteiger partial charge in [0.05, 0.1) is 18.2 Å². The minimum absolute atomic E-state index is 0.124. The van der Waals surface area contributed by atoms with Crippen molar-refractivity contribution >= 4 is 11.8 Å². The molecule has 7 heteroatoms. The van der Waals surface area contributed by atoms with Gasteiger partial charge >= 0.3 is 0 Å². The van der Waals surface area contributed by atoms with Gasteiger partial charge in [0.25, 0.3) is 5.91 Å². The van der Waals surface area contributed by atoms with Crippen molar-refractivity contribution in [2.24, 2.45) is 0 Å². The molecule has 3 rings (SSSR count). The van der Waals surface area contributed by atoms with E-state index in [1.165, 1.54) is 36.4 Å². The Kier molecular flexibility index (Phi) is 4.92. The van der Waals surface area contributed by atoms with E-state index in [0.29, 0.717) is 17.7 Å². The van der Waals surface area contributed by atoms with E-state index in [1.807, 2.05) is 0 Å². The normalized spacial score (nSPS) is 15.7. The zero-order chi connectivity index (χ0) is 17.8. The number of ether oxygens (including phenoxy) is 1. The molecule has 0 aliphatic carbocycles. The van der Waals surface area contributed by atoms with E-state index in [1.54, 1.807) is 6.07 Å². The van der Waals surface area contributed by atoms with Crippen LogP contribution in [0.4, 0.5) is 8.78 Å². The van der Waals surface area contributed by atoms with Crippen molar-refractivity contribution in [1.82, 2.24) is 10.6 Å². The van der Waals surface area contributed by atoms with E-state index in [9.17, 15) is 18.4 Å². The van der Waals surface area contributed by atoms with Crippen LogP contribution in [0.1, 0.15) is 15.9 Å². The molecule has 0 saturated heterocycles. The smallest absolute Gasteiger partial charge is 0.254 e. The minimum Gasteiger partial charge on any atom is -0.491 e. The number of carbonyl (C=O) groups excluding carboxylic acids is 2. The number of hydrogen-bond donors (Lipinski definition) is 2. The minimum atomic E-state index is -0.666. The van der Waals surface area contributed by atoms with Gasteiger partial charge in [-0.25, -0.2) is 8.78 Å². The molecule has 5 nitrogen and oxygen atoms in total. The van der Waals surface area contributed by atoms with Crippen molar-refractivity contribution in [2.75, 3.05) is 13.2 Å². The summed E-state index contributed by atoms with van der Waals surface area (Å²) in [7, 11) is 0. The molecule has 0 bridgehead atoms. The molecule has 2 N–H and O–H groups in total. The third-order valence-corrected chi connectivity index (χ3v) is 3.82. The Bertz CT molecular complexity index is 811. The zero-order valence-electron chi connectivity index (χ0n) is 13.2. The van der Waals surface area contributed by atoms with Crippen molar-refractivity contribution in [1.29, 1.82) is 0 Å². The number of benzene rings is 2. The Labute approximate surface area is 143 Å². The van der Waals surface area contributed by atoms with E-state index >= 15 is 0 Å². The highest BCUT2D eigenvalue weighted by Crippen LogP contribution is 2.25. The highest BCUT2D eigenvalue weighted by atomic mass is 19.1. The summed E-state index contributed by atoms with van der Waals surface area (Å²) < 4.78 is 32.3. The highest BCUT2D eigenvalue weighted by Gasteiger charge is 2.22. The number of rotatable bonds is 4. The molecule has 0 spiro atoms. The lowest BCUT2D eigenvalue weighted by Gasteiger charge is -2.26. The summed E-state index contributed by atoms with van der Waals surface area (Å²) in [5.74, 6) is -1.52. The second-order valence-corrected chi connectivity index (χ2v) is 5.69. The largest absolute Gasteiger partial charge is 0.491 e. The third kappa shape index (κ3) is 4.12. The number of fused-ring (bicyclic) bond motifs is 1. The lowest BCUT2D eigenvalue weighted by atomic mass is 10.0. The lowest BCUT2D eigenvalue weighted by molar-refractivity contribution is -0.121. The molecule has 1 aliphatic rings. The van der Waals surface area contributed by atoms with Gasteiger partial charge in [-0.1, -0.05) is 12.1 Å². The quantitative estimate of drug-likeness (QED) is 0.887. The Morgan fingerprint density at radius 1 is 1.16 bits per heavy atom. The lowest BCUT2D eigenvalue weighted by Crippen LogP contribution is -2.46. The van der Waals surface area contributed by atoms with Crippen LogP contribution in [0.25, 0.3) is 0 Å². The van der Waals surface area contributed by atoms with Gasteiger partial charge in [0.2, 0.25) is 5.91 Å². The molecule has 1 unspecified atom stereocenters. The van der Waals surface area contributed by atoms with Gasteiger partial charge < -0.3 is 15.4 Å². The molecule has 25 heavy (non-hydrogen) atoms. The number of carbonyl (C=O) groups is 2. The Hall–Kier alpha value is -2.96. The van der Waals surface area contributed by atoms with Crippen LogP contribution in [0.2, 0.25) is 0 Å². The number of halogens is 2. The molecule has 2 amide bonds. The van der Waals surface area contributed by atoms with Crippen LogP contribution >= 0.6 is 0 Å². The average molecular weight is 346 g/mol. The fourth-order valence-electron chi connectivity index (χ4n) is 2.64. The molecule has 0 radical (unpaired) electrons. The van der Waals surface area contributed by atoms with Gasteiger partial charge in [0.15, 0.2) is 0 Å². The van der Waals surface area contributed by atoms with Crippen LogP contribution in [0, 0.1) is 11.6 Å². The first-order valence-electron chi connectivity index (χ1n) is 7.76. The molecule has 1 atom stereocenters. The molecule has 2 aromatic carbocycles. The van der Waals surface area contributed by atoms with Crippen LogP contribution in [-0.4, -0.2) is 31.0 Å². The molecule has 1 aliphatic heterocycles. The van der Waals surface area contributed by atoms with Gasteiger partial charge in [-0.2, -0.15) is 0 Å². The van der Waals surface area contributed by atoms with Crippen molar-refractivity contribution in [3.8, 4) is 5.75 Å². The molecular formula is C18H16F2N2O3. The molecule has 0 aromatic heterocycles. The predicted octanol–water partition coefficient (Wildman–Crippen LogP) is 1.81. The summed E-state index contributed by atoms with van der Waals surface area (Å²) in [4.78, 5) is 23.8. The van der Waals surface area contributed by atoms with Gasteiger partial charge in [-0.15, -0.1) is 0 Å². The third-order valence-electron chi connectivity index (χ3n) is 3.82. The van der Waals surface area contributed by atoms with Crippen molar-refractivity contribution < 1.29 is 23.1 Å². The average Bonchev–Trinajstić information content (AvgIpc) is 2.59. The number of nitrogens with one attached hydrogen (secondary N) is 2. The number of amides is 2.